The fourth-order valence-corrected chi connectivity index (χ4v) is 6.35. The first-order valence-electron chi connectivity index (χ1n) is 11.5. The number of rotatable bonds is 5. The standard InChI is InChI=1S/C25H32FN3O3S/c1-17(21-6-4-5-7-22(21)26)28-24-29-33(30,31)23(25(2,3)32-24)16-18-8-10-19(11-9-18)20-12-14-27-15-13-20/h4-11,17,20,23,27H,12-16H2,1-3H3,(H,28,29). The van der Waals surface area contributed by atoms with Crippen molar-refractivity contribution in [1.82, 2.24) is 10.0 Å². The van der Waals surface area contributed by atoms with Crippen LogP contribution in [0.4, 0.5) is 4.39 Å². The largest absolute Gasteiger partial charge is 0.457 e. The fraction of sp³-hybridized carbons (Fsp3) is 0.480. The van der Waals surface area contributed by atoms with Gasteiger partial charge in [-0.05, 0) is 76.2 Å². The summed E-state index contributed by atoms with van der Waals surface area (Å²) in [6.07, 6.45) is 2.56. The molecule has 0 aromatic heterocycles. The first-order chi connectivity index (χ1) is 15.7. The second-order valence-electron chi connectivity index (χ2n) is 9.44. The average Bonchev–Trinajstić information content (AvgIpc) is 2.77. The zero-order valence-electron chi connectivity index (χ0n) is 19.3. The molecule has 2 aromatic rings. The second kappa shape index (κ2) is 9.43. The minimum Gasteiger partial charge on any atom is -0.457 e. The second-order valence-corrected chi connectivity index (χ2v) is 11.3. The van der Waals surface area contributed by atoms with Crippen LogP contribution in [-0.2, 0) is 21.2 Å². The van der Waals surface area contributed by atoms with Crippen LogP contribution in [-0.4, -0.2) is 38.4 Å². The molecule has 2 heterocycles. The summed E-state index contributed by atoms with van der Waals surface area (Å²) in [5.41, 5.74) is 1.62. The van der Waals surface area contributed by atoms with E-state index >= 15 is 0 Å². The summed E-state index contributed by atoms with van der Waals surface area (Å²) in [6, 6.07) is 13.9. The average molecular weight is 474 g/mol. The van der Waals surface area contributed by atoms with Crippen LogP contribution in [0.5, 0.6) is 0 Å². The van der Waals surface area contributed by atoms with Gasteiger partial charge in [0.15, 0.2) is 0 Å². The normalized spacial score (nSPS) is 24.6. The molecule has 2 aliphatic rings. The number of piperidine rings is 1. The molecule has 0 aliphatic carbocycles. The van der Waals surface area contributed by atoms with E-state index in [1.807, 2.05) is 12.1 Å². The third-order valence-corrected chi connectivity index (χ3v) is 8.56. The minimum atomic E-state index is -3.75. The lowest BCUT2D eigenvalue weighted by Crippen LogP contribution is -2.59. The third-order valence-electron chi connectivity index (χ3n) is 6.62. The van der Waals surface area contributed by atoms with Crippen molar-refractivity contribution in [2.45, 2.75) is 62.8 Å². The molecular weight excluding hydrogens is 441 g/mol. The molecule has 2 N–H and O–H groups in total. The number of ether oxygens (including phenoxy) is 1. The predicted molar refractivity (Wildman–Crippen MR) is 128 cm³/mol. The smallest absolute Gasteiger partial charge is 0.299 e. The first-order valence-corrected chi connectivity index (χ1v) is 13.0. The van der Waals surface area contributed by atoms with E-state index in [0.29, 0.717) is 17.9 Å². The van der Waals surface area contributed by atoms with Crippen molar-refractivity contribution < 1.29 is 17.5 Å². The Morgan fingerprint density at radius 3 is 2.42 bits per heavy atom. The first kappa shape index (κ1) is 23.7. The molecule has 4 rings (SSSR count). The van der Waals surface area contributed by atoms with Crippen LogP contribution in [0.2, 0.25) is 0 Å². The van der Waals surface area contributed by atoms with E-state index in [9.17, 15) is 12.8 Å². The highest BCUT2D eigenvalue weighted by Crippen LogP contribution is 2.31. The van der Waals surface area contributed by atoms with Gasteiger partial charge in [-0.2, -0.15) is 0 Å². The van der Waals surface area contributed by atoms with Crippen LogP contribution < -0.4 is 10.0 Å². The zero-order chi connectivity index (χ0) is 23.6. The van der Waals surface area contributed by atoms with E-state index < -0.39 is 32.7 Å². The highest BCUT2D eigenvalue weighted by molar-refractivity contribution is 7.90. The number of benzene rings is 2. The molecule has 2 fully saturated rings. The van der Waals surface area contributed by atoms with Gasteiger partial charge in [0.1, 0.15) is 16.7 Å². The van der Waals surface area contributed by atoms with Crippen LogP contribution in [0.25, 0.3) is 0 Å². The fourth-order valence-electron chi connectivity index (χ4n) is 4.66. The summed E-state index contributed by atoms with van der Waals surface area (Å²) in [7, 11) is -3.75. The lowest BCUT2D eigenvalue weighted by molar-refractivity contribution is 0.0762. The van der Waals surface area contributed by atoms with Gasteiger partial charge in [-0.15, -0.1) is 0 Å². The highest BCUT2D eigenvalue weighted by Gasteiger charge is 2.47. The van der Waals surface area contributed by atoms with Crippen molar-refractivity contribution in [3.05, 3.63) is 71.0 Å². The Morgan fingerprint density at radius 2 is 1.79 bits per heavy atom. The van der Waals surface area contributed by atoms with Crippen molar-refractivity contribution in [1.29, 1.82) is 0 Å². The van der Waals surface area contributed by atoms with Crippen molar-refractivity contribution in [2.24, 2.45) is 4.99 Å². The summed E-state index contributed by atoms with van der Waals surface area (Å²) in [5, 5.41) is 2.59. The number of sulfonamides is 1. The van der Waals surface area contributed by atoms with Crippen LogP contribution in [0.1, 0.15) is 62.3 Å². The Kier molecular flexibility index (Phi) is 6.77. The van der Waals surface area contributed by atoms with Gasteiger partial charge < -0.3 is 10.1 Å². The number of nitrogens with zero attached hydrogens (tertiary/aromatic N) is 1. The molecule has 178 valence electrons. The number of hydrogen-bond acceptors (Lipinski definition) is 5. The molecule has 0 saturated carbocycles. The van der Waals surface area contributed by atoms with Crippen LogP contribution in [0.15, 0.2) is 53.5 Å². The van der Waals surface area contributed by atoms with Crippen molar-refractivity contribution in [3.63, 3.8) is 0 Å². The van der Waals surface area contributed by atoms with Crippen molar-refractivity contribution in [2.75, 3.05) is 13.1 Å². The quantitative estimate of drug-likeness (QED) is 0.687. The van der Waals surface area contributed by atoms with Gasteiger partial charge in [0.05, 0.1) is 6.04 Å². The molecule has 6 nitrogen and oxygen atoms in total. The molecule has 2 aromatic carbocycles. The molecule has 0 amide bonds. The topological polar surface area (TPSA) is 79.8 Å². The van der Waals surface area contributed by atoms with Gasteiger partial charge in [-0.25, -0.2) is 22.5 Å². The SMILES string of the molecule is CC(N=C1NS(=O)(=O)C(Cc2ccc(C3CCNCC3)cc2)C(C)(C)O1)c1ccccc1F. The Labute approximate surface area is 195 Å². The van der Waals surface area contributed by atoms with E-state index in [-0.39, 0.29) is 6.02 Å². The summed E-state index contributed by atoms with van der Waals surface area (Å²) in [4.78, 5) is 4.32. The van der Waals surface area contributed by atoms with Gasteiger partial charge in [-0.1, -0.05) is 42.5 Å². The number of nitrogens with one attached hydrogen (secondary N) is 2. The molecule has 0 spiro atoms. The number of halogens is 1. The van der Waals surface area contributed by atoms with E-state index in [2.05, 4.69) is 27.2 Å². The van der Waals surface area contributed by atoms with Crippen LogP contribution in [0, 0.1) is 5.82 Å². The Balaban J connectivity index is 1.50. The number of hydrogen-bond donors (Lipinski definition) is 2. The van der Waals surface area contributed by atoms with E-state index in [0.717, 1.165) is 31.5 Å². The van der Waals surface area contributed by atoms with E-state index in [1.165, 1.54) is 11.6 Å². The summed E-state index contributed by atoms with van der Waals surface area (Å²) >= 11 is 0. The maximum absolute atomic E-state index is 14.1. The molecule has 2 saturated heterocycles. The molecule has 0 bridgehead atoms. The zero-order valence-corrected chi connectivity index (χ0v) is 20.2. The lowest BCUT2D eigenvalue weighted by Gasteiger charge is -2.39. The van der Waals surface area contributed by atoms with Crippen LogP contribution in [0.3, 0.4) is 0 Å². The summed E-state index contributed by atoms with van der Waals surface area (Å²) < 4.78 is 48.9. The van der Waals surface area contributed by atoms with E-state index in [1.54, 1.807) is 39.0 Å². The molecular formula is C25H32FN3O3S. The molecule has 8 heteroatoms. The van der Waals surface area contributed by atoms with Gasteiger partial charge in [-0.3, -0.25) is 0 Å². The highest BCUT2D eigenvalue weighted by atomic mass is 32.2. The lowest BCUT2D eigenvalue weighted by atomic mass is 9.89. The summed E-state index contributed by atoms with van der Waals surface area (Å²) in [6.45, 7) is 7.27. The van der Waals surface area contributed by atoms with Gasteiger partial charge >= 0.3 is 0 Å². The van der Waals surface area contributed by atoms with Gasteiger partial charge in [0.25, 0.3) is 6.02 Å². The van der Waals surface area contributed by atoms with Gasteiger partial charge in [0.2, 0.25) is 10.0 Å². The monoisotopic (exact) mass is 473 g/mol. The Morgan fingerprint density at radius 1 is 1.12 bits per heavy atom. The summed E-state index contributed by atoms with van der Waals surface area (Å²) in [5.74, 6) is 0.161. The predicted octanol–water partition coefficient (Wildman–Crippen LogP) is 4.05. The number of aliphatic imine (C=N–C) groups is 1. The number of amidine groups is 1. The van der Waals surface area contributed by atoms with Gasteiger partial charge in [0, 0.05) is 5.56 Å². The van der Waals surface area contributed by atoms with Crippen molar-refractivity contribution >= 4 is 16.0 Å². The molecule has 2 unspecified atom stereocenters. The maximum Gasteiger partial charge on any atom is 0.299 e. The maximum atomic E-state index is 14.1. The molecule has 2 aliphatic heterocycles. The Bertz CT molecular complexity index is 1110. The van der Waals surface area contributed by atoms with Crippen LogP contribution >= 0.6 is 0 Å². The Hall–Kier alpha value is -2.45. The molecule has 33 heavy (non-hydrogen) atoms. The molecule has 0 radical (unpaired) electrons. The van der Waals surface area contributed by atoms with Crippen molar-refractivity contribution in [3.8, 4) is 0 Å². The van der Waals surface area contributed by atoms with E-state index in [4.69, 9.17) is 4.74 Å². The molecule has 2 atom stereocenters. The third kappa shape index (κ3) is 5.38. The minimum absolute atomic E-state index is 0.103.